The Morgan fingerprint density at radius 3 is 2.00 bits per heavy atom. The summed E-state index contributed by atoms with van der Waals surface area (Å²) in [6, 6.07) is -0.0104. The molecule has 1 aliphatic rings. The van der Waals surface area contributed by atoms with E-state index in [9.17, 15) is 4.79 Å². The summed E-state index contributed by atoms with van der Waals surface area (Å²) in [6.07, 6.45) is 8.92. The number of nitrogens with one attached hydrogen (secondary N) is 1. The SMILES string of the molecule is CC1(CCC(NC(C)(C)C)C(=O)C(C)(C)C)CCCCC1. The summed E-state index contributed by atoms with van der Waals surface area (Å²) in [7, 11) is 0. The Balaban J connectivity index is 2.71. The zero-order valence-corrected chi connectivity index (χ0v) is 15.4. The fourth-order valence-electron chi connectivity index (χ4n) is 3.46. The summed E-state index contributed by atoms with van der Waals surface area (Å²) in [5, 5.41) is 3.57. The van der Waals surface area contributed by atoms with Crippen molar-refractivity contribution in [2.75, 3.05) is 0 Å². The van der Waals surface area contributed by atoms with E-state index in [2.05, 4.69) is 33.0 Å². The Labute approximate surface area is 132 Å². The van der Waals surface area contributed by atoms with E-state index in [1.165, 1.54) is 38.5 Å². The van der Waals surface area contributed by atoms with Gasteiger partial charge < -0.3 is 5.32 Å². The van der Waals surface area contributed by atoms with Gasteiger partial charge in [0.25, 0.3) is 0 Å². The average molecular weight is 296 g/mol. The van der Waals surface area contributed by atoms with Crippen LogP contribution in [-0.2, 0) is 4.79 Å². The van der Waals surface area contributed by atoms with Gasteiger partial charge in [0.15, 0.2) is 5.78 Å². The van der Waals surface area contributed by atoms with Crippen LogP contribution in [0.15, 0.2) is 0 Å². The summed E-state index contributed by atoms with van der Waals surface area (Å²) in [4.78, 5) is 12.8. The van der Waals surface area contributed by atoms with Crippen LogP contribution in [0.4, 0.5) is 0 Å². The quantitative estimate of drug-likeness (QED) is 0.763. The standard InChI is InChI=1S/C19H37NO/c1-17(2,3)16(21)15(20-18(4,5)6)11-14-19(7)12-9-8-10-13-19/h15,20H,8-14H2,1-7H3. The van der Waals surface area contributed by atoms with Crippen molar-refractivity contribution in [1.82, 2.24) is 5.32 Å². The van der Waals surface area contributed by atoms with E-state index in [4.69, 9.17) is 0 Å². The molecule has 0 bridgehead atoms. The van der Waals surface area contributed by atoms with Gasteiger partial charge in [-0.3, -0.25) is 4.79 Å². The van der Waals surface area contributed by atoms with Crippen molar-refractivity contribution in [3.63, 3.8) is 0 Å². The molecule has 124 valence electrons. The fraction of sp³-hybridized carbons (Fsp3) is 0.947. The molecule has 1 unspecified atom stereocenters. The third-order valence-electron chi connectivity index (χ3n) is 4.76. The molecule has 0 aliphatic heterocycles. The van der Waals surface area contributed by atoms with Crippen molar-refractivity contribution in [2.24, 2.45) is 10.8 Å². The Morgan fingerprint density at radius 1 is 1.05 bits per heavy atom. The van der Waals surface area contributed by atoms with Crippen molar-refractivity contribution in [3.8, 4) is 0 Å². The molecule has 0 aromatic rings. The first kappa shape index (κ1) is 18.7. The third-order valence-corrected chi connectivity index (χ3v) is 4.76. The second-order valence-electron chi connectivity index (χ2n) is 9.47. The van der Waals surface area contributed by atoms with Gasteiger partial charge in [0, 0.05) is 11.0 Å². The Hall–Kier alpha value is -0.370. The predicted octanol–water partition coefficient (Wildman–Crippen LogP) is 5.11. The van der Waals surface area contributed by atoms with Crippen LogP contribution in [0.25, 0.3) is 0 Å². The molecule has 1 rings (SSSR count). The van der Waals surface area contributed by atoms with Crippen LogP contribution in [0, 0.1) is 10.8 Å². The minimum atomic E-state index is -0.267. The highest BCUT2D eigenvalue weighted by atomic mass is 16.1. The number of hydrogen-bond donors (Lipinski definition) is 1. The highest BCUT2D eigenvalue weighted by molar-refractivity contribution is 5.88. The summed E-state index contributed by atoms with van der Waals surface area (Å²) in [5.41, 5.74) is 0.170. The van der Waals surface area contributed by atoms with E-state index in [1.54, 1.807) is 0 Å². The molecule has 1 fully saturated rings. The Morgan fingerprint density at radius 2 is 1.57 bits per heavy atom. The van der Waals surface area contributed by atoms with Crippen LogP contribution >= 0.6 is 0 Å². The molecule has 2 heteroatoms. The maximum absolute atomic E-state index is 12.8. The number of rotatable bonds is 5. The van der Waals surface area contributed by atoms with Crippen LogP contribution in [0.5, 0.6) is 0 Å². The minimum absolute atomic E-state index is 0.0104. The molecular weight excluding hydrogens is 258 g/mol. The molecule has 1 N–H and O–H groups in total. The van der Waals surface area contributed by atoms with Crippen molar-refractivity contribution < 1.29 is 4.79 Å². The monoisotopic (exact) mass is 295 g/mol. The topological polar surface area (TPSA) is 29.1 Å². The first-order chi connectivity index (χ1) is 9.43. The van der Waals surface area contributed by atoms with Crippen LogP contribution in [0.3, 0.4) is 0 Å². The van der Waals surface area contributed by atoms with Crippen LogP contribution < -0.4 is 5.32 Å². The third kappa shape index (κ3) is 6.50. The highest BCUT2D eigenvalue weighted by Gasteiger charge is 2.34. The van der Waals surface area contributed by atoms with E-state index in [0.29, 0.717) is 11.2 Å². The molecule has 0 spiro atoms. The van der Waals surface area contributed by atoms with Gasteiger partial charge in [0.05, 0.1) is 6.04 Å². The smallest absolute Gasteiger partial charge is 0.155 e. The van der Waals surface area contributed by atoms with Gasteiger partial charge >= 0.3 is 0 Å². The lowest BCUT2D eigenvalue weighted by Gasteiger charge is -2.37. The van der Waals surface area contributed by atoms with Crippen LogP contribution in [-0.4, -0.2) is 17.4 Å². The number of carbonyl (C=O) groups excluding carboxylic acids is 1. The maximum Gasteiger partial charge on any atom is 0.155 e. The average Bonchev–Trinajstić information content (AvgIpc) is 2.32. The lowest BCUT2D eigenvalue weighted by molar-refractivity contribution is -0.129. The molecular formula is C19H37NO. The number of carbonyl (C=O) groups is 1. The Bertz CT molecular complexity index is 340. The van der Waals surface area contributed by atoms with Gasteiger partial charge in [-0.15, -0.1) is 0 Å². The summed E-state index contributed by atoms with van der Waals surface area (Å²) >= 11 is 0. The molecule has 0 radical (unpaired) electrons. The lowest BCUT2D eigenvalue weighted by atomic mass is 9.71. The molecule has 21 heavy (non-hydrogen) atoms. The first-order valence-corrected chi connectivity index (χ1v) is 8.75. The van der Waals surface area contributed by atoms with Crippen LogP contribution in [0.1, 0.15) is 93.4 Å². The highest BCUT2D eigenvalue weighted by Crippen LogP contribution is 2.40. The van der Waals surface area contributed by atoms with Gasteiger partial charge in [0.1, 0.15) is 0 Å². The van der Waals surface area contributed by atoms with Crippen molar-refractivity contribution in [3.05, 3.63) is 0 Å². The van der Waals surface area contributed by atoms with Crippen molar-refractivity contribution in [2.45, 2.75) is 105 Å². The zero-order valence-electron chi connectivity index (χ0n) is 15.4. The second kappa shape index (κ2) is 6.81. The van der Waals surface area contributed by atoms with E-state index >= 15 is 0 Å². The minimum Gasteiger partial charge on any atom is -0.303 e. The largest absolute Gasteiger partial charge is 0.303 e. The molecule has 2 nitrogen and oxygen atoms in total. The lowest BCUT2D eigenvalue weighted by Crippen LogP contribution is -2.51. The van der Waals surface area contributed by atoms with Crippen molar-refractivity contribution in [1.29, 1.82) is 0 Å². The molecule has 1 saturated carbocycles. The van der Waals surface area contributed by atoms with E-state index < -0.39 is 0 Å². The van der Waals surface area contributed by atoms with Crippen LogP contribution in [0.2, 0.25) is 0 Å². The first-order valence-electron chi connectivity index (χ1n) is 8.75. The van der Waals surface area contributed by atoms with Crippen molar-refractivity contribution >= 4 is 5.78 Å². The predicted molar refractivity (Wildman–Crippen MR) is 91.6 cm³/mol. The van der Waals surface area contributed by atoms with E-state index in [1.807, 2.05) is 20.8 Å². The molecule has 0 aromatic heterocycles. The van der Waals surface area contributed by atoms with Gasteiger partial charge in [-0.1, -0.05) is 47.0 Å². The molecule has 0 amide bonds. The van der Waals surface area contributed by atoms with Gasteiger partial charge in [0.2, 0.25) is 0 Å². The molecule has 1 aliphatic carbocycles. The number of Topliss-reactive ketones (excluding diaryl/α,β-unsaturated/α-hetero) is 1. The van der Waals surface area contributed by atoms with Gasteiger partial charge in [-0.25, -0.2) is 0 Å². The summed E-state index contributed by atoms with van der Waals surface area (Å²) in [5.74, 6) is 0.358. The summed E-state index contributed by atoms with van der Waals surface area (Å²) in [6.45, 7) is 15.0. The molecule has 0 heterocycles. The normalized spacial score (nSPS) is 21.1. The number of ketones is 1. The second-order valence-corrected chi connectivity index (χ2v) is 9.47. The fourth-order valence-corrected chi connectivity index (χ4v) is 3.46. The zero-order chi connectivity index (χ0) is 16.3. The van der Waals surface area contributed by atoms with Gasteiger partial charge in [-0.05, 0) is 51.9 Å². The van der Waals surface area contributed by atoms with Gasteiger partial charge in [-0.2, -0.15) is 0 Å². The Kier molecular flexibility index (Phi) is 6.06. The molecule has 0 saturated heterocycles. The summed E-state index contributed by atoms with van der Waals surface area (Å²) < 4.78 is 0. The molecule has 0 aromatic carbocycles. The number of hydrogen-bond acceptors (Lipinski definition) is 2. The molecule has 1 atom stereocenters. The van der Waals surface area contributed by atoms with E-state index in [0.717, 1.165) is 6.42 Å². The maximum atomic E-state index is 12.8. The van der Waals surface area contributed by atoms with E-state index in [-0.39, 0.29) is 17.0 Å².